The predicted molar refractivity (Wildman–Crippen MR) is 77.0 cm³/mol. The molecular formula is C16H17N3O3. The number of hydrogen-bond donors (Lipinski definition) is 0. The third kappa shape index (κ3) is 2.39. The fourth-order valence-corrected chi connectivity index (χ4v) is 3.35. The second-order valence-electron chi connectivity index (χ2n) is 5.81. The van der Waals surface area contributed by atoms with Gasteiger partial charge in [0.05, 0.1) is 18.1 Å². The number of rotatable bonds is 2. The van der Waals surface area contributed by atoms with Crippen LogP contribution < -0.4 is 0 Å². The van der Waals surface area contributed by atoms with Crippen LogP contribution >= 0.6 is 0 Å². The van der Waals surface area contributed by atoms with Crippen molar-refractivity contribution in [2.24, 2.45) is 5.92 Å². The molecule has 3 atom stereocenters. The van der Waals surface area contributed by atoms with Gasteiger partial charge in [0.2, 0.25) is 0 Å². The van der Waals surface area contributed by atoms with Crippen LogP contribution in [0, 0.1) is 5.92 Å². The lowest BCUT2D eigenvalue weighted by Crippen LogP contribution is -2.45. The van der Waals surface area contributed by atoms with Crippen LogP contribution in [-0.2, 0) is 4.74 Å². The van der Waals surface area contributed by atoms with Gasteiger partial charge in [-0.3, -0.25) is 4.79 Å². The van der Waals surface area contributed by atoms with Gasteiger partial charge in [-0.15, -0.1) is 0 Å². The Morgan fingerprint density at radius 2 is 2.32 bits per heavy atom. The van der Waals surface area contributed by atoms with Crippen molar-refractivity contribution in [3.05, 3.63) is 48.4 Å². The van der Waals surface area contributed by atoms with E-state index in [4.69, 9.17) is 9.15 Å². The molecular weight excluding hydrogens is 282 g/mol. The summed E-state index contributed by atoms with van der Waals surface area (Å²) >= 11 is 0. The number of carbonyl (C=O) groups excluding carboxylic acids is 1. The lowest BCUT2D eigenvalue weighted by atomic mass is 9.91. The number of likely N-dealkylation sites (tertiary alicyclic amines) is 1. The highest BCUT2D eigenvalue weighted by molar-refractivity contribution is 5.91. The largest absolute Gasteiger partial charge is 0.459 e. The van der Waals surface area contributed by atoms with E-state index in [0.29, 0.717) is 18.2 Å². The summed E-state index contributed by atoms with van der Waals surface area (Å²) in [4.78, 5) is 22.4. The van der Waals surface area contributed by atoms with Gasteiger partial charge < -0.3 is 14.1 Å². The molecule has 0 radical (unpaired) electrons. The minimum absolute atomic E-state index is 0.0108. The summed E-state index contributed by atoms with van der Waals surface area (Å²) in [7, 11) is 0. The quantitative estimate of drug-likeness (QED) is 0.849. The number of ether oxygens (including phenoxy) is 1. The molecule has 4 heterocycles. The number of amides is 1. The Morgan fingerprint density at radius 1 is 1.36 bits per heavy atom. The minimum atomic E-state index is -0.0578. The third-order valence-electron chi connectivity index (χ3n) is 4.51. The van der Waals surface area contributed by atoms with E-state index in [1.807, 2.05) is 11.0 Å². The highest BCUT2D eigenvalue weighted by atomic mass is 16.5. The van der Waals surface area contributed by atoms with Gasteiger partial charge in [0.25, 0.3) is 5.91 Å². The minimum Gasteiger partial charge on any atom is -0.459 e. The molecule has 0 unspecified atom stereocenters. The molecule has 6 heteroatoms. The fourth-order valence-electron chi connectivity index (χ4n) is 3.35. The standard InChI is InChI=1S/C16H17N3O3/c20-16(13-2-1-7-21-13)19-6-4-11-8-14(22-15(11)9-19)12-3-5-17-10-18-12/h1-3,5,7,10-11,14-15H,4,6,8-9H2/t11-,14-,15+/m0/s1. The number of nitrogens with zero attached hydrogens (tertiary/aromatic N) is 3. The molecule has 114 valence electrons. The third-order valence-corrected chi connectivity index (χ3v) is 4.51. The Bertz CT molecular complexity index is 644. The maximum absolute atomic E-state index is 12.4. The fraction of sp³-hybridized carbons (Fsp3) is 0.438. The van der Waals surface area contributed by atoms with E-state index in [1.54, 1.807) is 24.7 Å². The maximum atomic E-state index is 12.4. The van der Waals surface area contributed by atoms with Crippen molar-refractivity contribution < 1.29 is 13.9 Å². The summed E-state index contributed by atoms with van der Waals surface area (Å²) in [5.41, 5.74) is 0.924. The Labute approximate surface area is 128 Å². The van der Waals surface area contributed by atoms with Crippen molar-refractivity contribution >= 4 is 5.91 Å². The Kier molecular flexibility index (Phi) is 3.38. The van der Waals surface area contributed by atoms with Crippen molar-refractivity contribution in [1.29, 1.82) is 0 Å². The van der Waals surface area contributed by atoms with Crippen LogP contribution in [0.5, 0.6) is 0 Å². The molecule has 2 aromatic heterocycles. The van der Waals surface area contributed by atoms with Crippen molar-refractivity contribution in [3.8, 4) is 0 Å². The van der Waals surface area contributed by atoms with Crippen LogP contribution in [0.1, 0.15) is 35.2 Å². The molecule has 0 spiro atoms. The number of carbonyl (C=O) groups is 1. The van der Waals surface area contributed by atoms with Crippen LogP contribution in [-0.4, -0.2) is 40.0 Å². The van der Waals surface area contributed by atoms with E-state index in [1.165, 1.54) is 6.26 Å². The molecule has 0 N–H and O–H groups in total. The molecule has 6 nitrogen and oxygen atoms in total. The smallest absolute Gasteiger partial charge is 0.289 e. The molecule has 22 heavy (non-hydrogen) atoms. The molecule has 2 aliphatic rings. The number of aromatic nitrogens is 2. The van der Waals surface area contributed by atoms with E-state index in [0.717, 1.165) is 25.1 Å². The van der Waals surface area contributed by atoms with E-state index < -0.39 is 0 Å². The summed E-state index contributed by atoms with van der Waals surface area (Å²) in [6.45, 7) is 1.37. The number of fused-ring (bicyclic) bond motifs is 1. The van der Waals surface area contributed by atoms with Crippen molar-refractivity contribution in [1.82, 2.24) is 14.9 Å². The van der Waals surface area contributed by atoms with Crippen LogP contribution in [0.15, 0.2) is 41.4 Å². The van der Waals surface area contributed by atoms with E-state index in [2.05, 4.69) is 9.97 Å². The molecule has 0 aromatic carbocycles. The highest BCUT2D eigenvalue weighted by Crippen LogP contribution is 2.40. The van der Waals surface area contributed by atoms with Gasteiger partial charge in [0.15, 0.2) is 5.76 Å². The van der Waals surface area contributed by atoms with Crippen LogP contribution in [0.2, 0.25) is 0 Å². The lowest BCUT2D eigenvalue weighted by Gasteiger charge is -2.33. The van der Waals surface area contributed by atoms with Gasteiger partial charge in [-0.1, -0.05) is 0 Å². The van der Waals surface area contributed by atoms with Crippen LogP contribution in [0.25, 0.3) is 0 Å². The van der Waals surface area contributed by atoms with E-state index >= 15 is 0 Å². The first kappa shape index (κ1) is 13.5. The summed E-state index contributed by atoms with van der Waals surface area (Å²) in [6.07, 6.45) is 6.82. The second-order valence-corrected chi connectivity index (χ2v) is 5.81. The molecule has 2 fully saturated rings. The highest BCUT2D eigenvalue weighted by Gasteiger charge is 2.41. The molecule has 2 aliphatic heterocycles. The monoisotopic (exact) mass is 299 g/mol. The van der Waals surface area contributed by atoms with Gasteiger partial charge in [-0.25, -0.2) is 9.97 Å². The van der Waals surface area contributed by atoms with E-state index in [-0.39, 0.29) is 18.1 Å². The van der Waals surface area contributed by atoms with Crippen LogP contribution in [0.3, 0.4) is 0 Å². The van der Waals surface area contributed by atoms with Crippen LogP contribution in [0.4, 0.5) is 0 Å². The molecule has 0 aliphatic carbocycles. The van der Waals surface area contributed by atoms with Gasteiger partial charge in [0, 0.05) is 19.3 Å². The zero-order valence-electron chi connectivity index (χ0n) is 12.1. The zero-order chi connectivity index (χ0) is 14.9. The summed E-state index contributed by atoms with van der Waals surface area (Å²) in [6, 6.07) is 5.33. The average molecular weight is 299 g/mol. The second kappa shape index (κ2) is 5.53. The average Bonchev–Trinajstić information content (AvgIpc) is 3.23. The Hall–Kier alpha value is -2.21. The van der Waals surface area contributed by atoms with Crippen molar-refractivity contribution in [3.63, 3.8) is 0 Å². The first-order valence-electron chi connectivity index (χ1n) is 7.55. The normalized spacial score (nSPS) is 27.6. The van der Waals surface area contributed by atoms with Crippen molar-refractivity contribution in [2.75, 3.05) is 13.1 Å². The SMILES string of the molecule is O=C(c1ccco1)N1CC[C@H]2C[C@@H](c3ccncn3)O[C@@H]2C1. The molecule has 4 rings (SSSR count). The molecule has 1 amide bonds. The molecule has 2 saturated heterocycles. The van der Waals surface area contributed by atoms with Gasteiger partial charge >= 0.3 is 0 Å². The van der Waals surface area contributed by atoms with Gasteiger partial charge in [0.1, 0.15) is 12.4 Å². The van der Waals surface area contributed by atoms with Gasteiger partial charge in [-0.2, -0.15) is 0 Å². The summed E-state index contributed by atoms with van der Waals surface area (Å²) in [5.74, 6) is 0.821. The summed E-state index contributed by atoms with van der Waals surface area (Å²) < 4.78 is 11.3. The molecule has 0 saturated carbocycles. The Morgan fingerprint density at radius 3 is 3.09 bits per heavy atom. The predicted octanol–water partition coefficient (Wildman–Crippen LogP) is 2.06. The zero-order valence-corrected chi connectivity index (χ0v) is 12.1. The lowest BCUT2D eigenvalue weighted by molar-refractivity contribution is -0.00644. The Balaban J connectivity index is 1.45. The first-order chi connectivity index (χ1) is 10.8. The number of furan rings is 1. The molecule has 0 bridgehead atoms. The maximum Gasteiger partial charge on any atom is 0.289 e. The molecule has 2 aromatic rings. The number of piperidine rings is 1. The first-order valence-corrected chi connectivity index (χ1v) is 7.55. The van der Waals surface area contributed by atoms with Crippen molar-refractivity contribution in [2.45, 2.75) is 25.0 Å². The summed E-state index contributed by atoms with van der Waals surface area (Å²) in [5, 5.41) is 0. The topological polar surface area (TPSA) is 68.5 Å². The number of hydrogen-bond acceptors (Lipinski definition) is 5. The van der Waals surface area contributed by atoms with Gasteiger partial charge in [-0.05, 0) is 37.0 Å². The van der Waals surface area contributed by atoms with E-state index in [9.17, 15) is 4.79 Å².